The minimum Gasteiger partial charge on any atom is -0.480 e. The Morgan fingerprint density at radius 2 is 2.31 bits per heavy atom. The molecule has 0 aromatic heterocycles. The first-order valence-electron chi connectivity index (χ1n) is 4.73. The highest BCUT2D eigenvalue weighted by Gasteiger charge is 2.25. The molecule has 0 spiro atoms. The summed E-state index contributed by atoms with van der Waals surface area (Å²) in [5, 5.41) is 11.9. The smallest absolute Gasteiger partial charge is 0.320 e. The number of carbonyl (C=O) groups is 1. The van der Waals surface area contributed by atoms with Gasteiger partial charge in [-0.15, -0.1) is 6.58 Å². The molecule has 1 aliphatic heterocycles. The van der Waals surface area contributed by atoms with Gasteiger partial charge in [0.1, 0.15) is 6.04 Å². The number of piperidine rings is 1. The zero-order valence-corrected chi connectivity index (χ0v) is 8.05. The van der Waals surface area contributed by atoms with E-state index in [1.54, 1.807) is 0 Å². The van der Waals surface area contributed by atoms with Crippen molar-refractivity contribution in [3.05, 3.63) is 12.2 Å². The highest BCUT2D eigenvalue weighted by molar-refractivity contribution is 5.73. The molecular weight excluding hydrogens is 166 g/mol. The Hall–Kier alpha value is -0.830. The predicted octanol–water partition coefficient (Wildman–Crippen LogP) is 1.55. The van der Waals surface area contributed by atoms with E-state index in [9.17, 15) is 4.79 Å². The molecule has 0 bridgehead atoms. The number of hydrogen-bond acceptors (Lipinski definition) is 2. The number of nitrogens with one attached hydrogen (secondary N) is 1. The van der Waals surface area contributed by atoms with E-state index in [0.717, 1.165) is 31.3 Å². The van der Waals surface area contributed by atoms with Gasteiger partial charge in [-0.3, -0.25) is 4.79 Å². The summed E-state index contributed by atoms with van der Waals surface area (Å²) >= 11 is 0. The number of carboxylic acid groups (broad SMARTS) is 1. The van der Waals surface area contributed by atoms with Crippen LogP contribution in [0.1, 0.15) is 32.6 Å². The second kappa shape index (κ2) is 4.42. The van der Waals surface area contributed by atoms with Gasteiger partial charge in [-0.05, 0) is 32.6 Å². The van der Waals surface area contributed by atoms with Crippen LogP contribution >= 0.6 is 0 Å². The van der Waals surface area contributed by atoms with Gasteiger partial charge in [-0.1, -0.05) is 5.57 Å². The van der Waals surface area contributed by atoms with Gasteiger partial charge < -0.3 is 10.4 Å². The lowest BCUT2D eigenvalue weighted by atomic mass is 9.95. The Morgan fingerprint density at radius 1 is 1.62 bits per heavy atom. The Bertz CT molecular complexity index is 213. The molecule has 3 heteroatoms. The van der Waals surface area contributed by atoms with E-state index in [2.05, 4.69) is 11.9 Å². The quantitative estimate of drug-likeness (QED) is 0.653. The Balaban J connectivity index is 2.41. The van der Waals surface area contributed by atoms with Crippen molar-refractivity contribution in [1.82, 2.24) is 5.32 Å². The average Bonchev–Trinajstić information content (AvgIpc) is 2.03. The van der Waals surface area contributed by atoms with Gasteiger partial charge in [-0.2, -0.15) is 0 Å². The molecular formula is C10H17NO2. The van der Waals surface area contributed by atoms with E-state index in [-0.39, 0.29) is 6.04 Å². The van der Waals surface area contributed by atoms with Crippen LogP contribution in [0.5, 0.6) is 0 Å². The number of carboxylic acids is 1. The van der Waals surface area contributed by atoms with Gasteiger partial charge in [0.05, 0.1) is 0 Å². The van der Waals surface area contributed by atoms with Crippen molar-refractivity contribution >= 4 is 5.97 Å². The standard InChI is InChI=1S/C10H17NO2/c1-7(2)6-8-4-3-5-9(11-8)10(12)13/h8-9,11H,1,3-6H2,2H3,(H,12,13). The van der Waals surface area contributed by atoms with Gasteiger partial charge in [0.2, 0.25) is 0 Å². The summed E-state index contributed by atoms with van der Waals surface area (Å²) in [4.78, 5) is 10.7. The minimum atomic E-state index is -0.730. The summed E-state index contributed by atoms with van der Waals surface area (Å²) in [6.45, 7) is 5.81. The van der Waals surface area contributed by atoms with Crippen LogP contribution in [0.2, 0.25) is 0 Å². The second-order valence-electron chi connectivity index (χ2n) is 3.85. The lowest BCUT2D eigenvalue weighted by Gasteiger charge is -2.28. The molecule has 1 fully saturated rings. The third-order valence-electron chi connectivity index (χ3n) is 2.38. The van der Waals surface area contributed by atoms with Crippen molar-refractivity contribution in [2.24, 2.45) is 0 Å². The van der Waals surface area contributed by atoms with Crippen LogP contribution in [0.4, 0.5) is 0 Å². The average molecular weight is 183 g/mol. The van der Waals surface area contributed by atoms with Crippen molar-refractivity contribution in [3.63, 3.8) is 0 Å². The molecule has 13 heavy (non-hydrogen) atoms. The lowest BCUT2D eigenvalue weighted by Crippen LogP contribution is -2.46. The molecule has 1 aliphatic rings. The number of rotatable bonds is 3. The van der Waals surface area contributed by atoms with E-state index < -0.39 is 5.97 Å². The van der Waals surface area contributed by atoms with Crippen LogP contribution in [0, 0.1) is 0 Å². The van der Waals surface area contributed by atoms with Gasteiger partial charge in [0, 0.05) is 6.04 Å². The van der Waals surface area contributed by atoms with Crippen molar-refractivity contribution in [1.29, 1.82) is 0 Å². The first-order chi connectivity index (χ1) is 6.09. The van der Waals surface area contributed by atoms with E-state index in [0.29, 0.717) is 6.04 Å². The molecule has 0 saturated carbocycles. The number of hydrogen-bond donors (Lipinski definition) is 2. The van der Waals surface area contributed by atoms with Crippen LogP contribution in [0.3, 0.4) is 0 Å². The zero-order chi connectivity index (χ0) is 9.84. The molecule has 0 aromatic carbocycles. The molecule has 0 amide bonds. The maximum Gasteiger partial charge on any atom is 0.320 e. The summed E-state index contributed by atoms with van der Waals surface area (Å²) in [6.07, 6.45) is 3.71. The summed E-state index contributed by atoms with van der Waals surface area (Å²) in [5.74, 6) is -0.730. The number of aliphatic carboxylic acids is 1. The van der Waals surface area contributed by atoms with Crippen LogP contribution in [0.25, 0.3) is 0 Å². The normalized spacial score (nSPS) is 28.4. The van der Waals surface area contributed by atoms with Crippen LogP contribution < -0.4 is 5.32 Å². The Labute approximate surface area is 78.8 Å². The van der Waals surface area contributed by atoms with Crippen molar-refractivity contribution in [3.8, 4) is 0 Å². The van der Waals surface area contributed by atoms with Crippen molar-refractivity contribution in [2.45, 2.75) is 44.7 Å². The summed E-state index contributed by atoms with van der Waals surface area (Å²) in [6, 6.07) is -0.0366. The zero-order valence-electron chi connectivity index (χ0n) is 8.05. The van der Waals surface area contributed by atoms with Crippen LogP contribution in [-0.2, 0) is 4.79 Å². The summed E-state index contributed by atoms with van der Waals surface area (Å²) in [5.41, 5.74) is 1.11. The van der Waals surface area contributed by atoms with Crippen molar-refractivity contribution in [2.75, 3.05) is 0 Å². The fourth-order valence-electron chi connectivity index (χ4n) is 1.80. The molecule has 2 N–H and O–H groups in total. The monoisotopic (exact) mass is 183 g/mol. The minimum absolute atomic E-state index is 0.312. The first kappa shape index (κ1) is 10.3. The predicted molar refractivity (Wildman–Crippen MR) is 51.6 cm³/mol. The molecule has 1 saturated heterocycles. The molecule has 2 atom stereocenters. The summed E-state index contributed by atoms with van der Waals surface area (Å²) < 4.78 is 0. The molecule has 0 aliphatic carbocycles. The van der Waals surface area contributed by atoms with Gasteiger partial charge >= 0.3 is 5.97 Å². The SMILES string of the molecule is C=C(C)CC1CCCC(C(=O)O)N1. The highest BCUT2D eigenvalue weighted by Crippen LogP contribution is 2.17. The largest absolute Gasteiger partial charge is 0.480 e. The van der Waals surface area contributed by atoms with E-state index >= 15 is 0 Å². The highest BCUT2D eigenvalue weighted by atomic mass is 16.4. The van der Waals surface area contributed by atoms with Gasteiger partial charge in [0.15, 0.2) is 0 Å². The molecule has 0 radical (unpaired) electrons. The molecule has 2 unspecified atom stereocenters. The van der Waals surface area contributed by atoms with Crippen LogP contribution in [0.15, 0.2) is 12.2 Å². The fourth-order valence-corrected chi connectivity index (χ4v) is 1.80. The second-order valence-corrected chi connectivity index (χ2v) is 3.85. The van der Waals surface area contributed by atoms with E-state index in [4.69, 9.17) is 5.11 Å². The van der Waals surface area contributed by atoms with E-state index in [1.165, 1.54) is 0 Å². The summed E-state index contributed by atoms with van der Waals surface area (Å²) in [7, 11) is 0. The maximum atomic E-state index is 10.7. The van der Waals surface area contributed by atoms with Crippen molar-refractivity contribution < 1.29 is 9.90 Å². The van der Waals surface area contributed by atoms with Gasteiger partial charge in [0.25, 0.3) is 0 Å². The fraction of sp³-hybridized carbons (Fsp3) is 0.700. The molecule has 74 valence electrons. The van der Waals surface area contributed by atoms with E-state index in [1.807, 2.05) is 6.92 Å². The Morgan fingerprint density at radius 3 is 2.85 bits per heavy atom. The van der Waals surface area contributed by atoms with Crippen LogP contribution in [-0.4, -0.2) is 23.2 Å². The first-order valence-corrected chi connectivity index (χ1v) is 4.73. The molecule has 1 rings (SSSR count). The van der Waals surface area contributed by atoms with Gasteiger partial charge in [-0.25, -0.2) is 0 Å². The molecule has 1 heterocycles. The topological polar surface area (TPSA) is 49.3 Å². The third kappa shape index (κ3) is 3.19. The molecule has 0 aromatic rings. The Kier molecular flexibility index (Phi) is 3.48. The third-order valence-corrected chi connectivity index (χ3v) is 2.38. The molecule has 3 nitrogen and oxygen atoms in total. The maximum absolute atomic E-state index is 10.7. The lowest BCUT2D eigenvalue weighted by molar-refractivity contribution is -0.140.